The maximum atomic E-state index is 14.3. The van der Waals surface area contributed by atoms with Crippen molar-refractivity contribution in [3.05, 3.63) is 72.1 Å². The first-order valence-electron chi connectivity index (χ1n) is 23.1. The summed E-state index contributed by atoms with van der Waals surface area (Å²) < 4.78 is 37.6. The van der Waals surface area contributed by atoms with E-state index in [2.05, 4.69) is 58.7 Å². The van der Waals surface area contributed by atoms with Crippen molar-refractivity contribution in [1.29, 1.82) is 0 Å². The molecular weight excluding hydrogens is 823 g/mol. The number of alkyl halides is 2. The van der Waals surface area contributed by atoms with Gasteiger partial charge in [-0.05, 0) is 113 Å². The van der Waals surface area contributed by atoms with Crippen molar-refractivity contribution in [2.45, 2.75) is 101 Å². The van der Waals surface area contributed by atoms with E-state index in [4.69, 9.17) is 9.72 Å². The third-order valence-electron chi connectivity index (χ3n) is 14.9. The molecule has 6 aliphatic rings. The lowest BCUT2D eigenvalue weighted by atomic mass is 9.85. The van der Waals surface area contributed by atoms with Gasteiger partial charge in [0.15, 0.2) is 11.3 Å². The number of piperidine rings is 2. The predicted octanol–water partition coefficient (Wildman–Crippen LogP) is 6.16. The number of benzene rings is 1. The van der Waals surface area contributed by atoms with E-state index in [1.54, 1.807) is 28.2 Å². The van der Waals surface area contributed by atoms with Crippen LogP contribution in [0.4, 0.5) is 30.8 Å². The Morgan fingerprint density at radius 3 is 2.50 bits per heavy atom. The van der Waals surface area contributed by atoms with Gasteiger partial charge in [-0.2, -0.15) is 10.2 Å². The highest BCUT2D eigenvalue weighted by Gasteiger charge is 2.40. The molecule has 1 aliphatic carbocycles. The van der Waals surface area contributed by atoms with Crippen molar-refractivity contribution >= 4 is 51.5 Å². The van der Waals surface area contributed by atoms with Crippen LogP contribution in [0.3, 0.4) is 0 Å². The van der Waals surface area contributed by atoms with Crippen LogP contribution in [0.5, 0.6) is 0 Å². The summed E-state index contributed by atoms with van der Waals surface area (Å²) in [5.74, 6) is 0.978. The van der Waals surface area contributed by atoms with Gasteiger partial charge < -0.3 is 24.8 Å². The van der Waals surface area contributed by atoms with Gasteiger partial charge in [0.2, 0.25) is 5.91 Å². The van der Waals surface area contributed by atoms with Crippen molar-refractivity contribution in [2.75, 3.05) is 67.5 Å². The number of hydrogen-bond donors (Lipinski definition) is 2. The molecule has 16 nitrogen and oxygen atoms in total. The molecule has 0 spiro atoms. The van der Waals surface area contributed by atoms with E-state index in [0.717, 1.165) is 106 Å². The fourth-order valence-electron chi connectivity index (χ4n) is 11.4. The zero-order valence-electron chi connectivity index (χ0n) is 35.8. The van der Waals surface area contributed by atoms with Crippen LogP contribution in [-0.4, -0.2) is 128 Å². The van der Waals surface area contributed by atoms with Crippen molar-refractivity contribution in [1.82, 2.24) is 44.5 Å². The Hall–Kier alpha value is -5.59. The van der Waals surface area contributed by atoms with E-state index in [1.807, 2.05) is 12.3 Å². The molecule has 2 atom stereocenters. The first-order valence-corrected chi connectivity index (χ1v) is 23.1. The molecule has 336 valence electrons. The van der Waals surface area contributed by atoms with Crippen LogP contribution < -0.4 is 20.4 Å². The minimum Gasteiger partial charge on any atom is -0.374 e. The Morgan fingerprint density at radius 1 is 0.922 bits per heavy atom. The number of ether oxygens (including phenoxy) is 1. The molecule has 9 heterocycles. The fraction of sp³-hybridized carbons (Fsp3) is 0.543. The number of carbonyl (C=O) groups excluding carboxylic acids is 3. The van der Waals surface area contributed by atoms with Gasteiger partial charge in [-0.1, -0.05) is 12.1 Å². The number of halogens is 2. The molecule has 2 bridgehead atoms. The summed E-state index contributed by atoms with van der Waals surface area (Å²) in [7, 11) is 0. The highest BCUT2D eigenvalue weighted by Crippen LogP contribution is 2.38. The number of fused-ring (bicyclic) bond motifs is 4. The Morgan fingerprint density at radius 2 is 1.75 bits per heavy atom. The molecule has 64 heavy (non-hydrogen) atoms. The number of anilines is 3. The first-order chi connectivity index (χ1) is 31.2. The normalized spacial score (nSPS) is 25.3. The number of morpholine rings is 1. The van der Waals surface area contributed by atoms with Crippen LogP contribution in [0.25, 0.3) is 16.4 Å². The van der Waals surface area contributed by atoms with E-state index in [9.17, 15) is 23.2 Å². The summed E-state index contributed by atoms with van der Waals surface area (Å²) >= 11 is 0. The van der Waals surface area contributed by atoms with Crippen molar-refractivity contribution in [3.8, 4) is 0 Å². The van der Waals surface area contributed by atoms with Gasteiger partial charge in [-0.3, -0.25) is 29.5 Å². The maximum Gasteiger partial charge on any atom is 0.328 e. The Bertz CT molecular complexity index is 2560. The minimum absolute atomic E-state index is 0.00590. The lowest BCUT2D eigenvalue weighted by Gasteiger charge is -2.43. The zero-order valence-corrected chi connectivity index (χ0v) is 35.8. The van der Waals surface area contributed by atoms with Crippen LogP contribution in [-0.2, 0) is 9.53 Å². The molecule has 4 aromatic heterocycles. The number of hydrogen-bond acceptors (Lipinski definition) is 11. The summed E-state index contributed by atoms with van der Waals surface area (Å²) in [6.45, 7) is 7.15. The molecule has 5 aromatic rings. The van der Waals surface area contributed by atoms with Gasteiger partial charge in [0.1, 0.15) is 11.4 Å². The van der Waals surface area contributed by atoms with Crippen molar-refractivity contribution in [3.63, 3.8) is 0 Å². The third kappa shape index (κ3) is 7.97. The summed E-state index contributed by atoms with van der Waals surface area (Å²) in [5, 5.41) is 15.7. The summed E-state index contributed by atoms with van der Waals surface area (Å²) in [6.07, 6.45) is 15.2. The van der Waals surface area contributed by atoms with Crippen LogP contribution >= 0.6 is 0 Å². The van der Waals surface area contributed by atoms with Gasteiger partial charge >= 0.3 is 6.03 Å². The molecule has 18 heteroatoms. The number of nitrogens with zero attached hydrogens (tertiary/aromatic N) is 10. The number of rotatable bonds is 10. The molecule has 0 radical (unpaired) electrons. The predicted molar refractivity (Wildman–Crippen MR) is 235 cm³/mol. The molecule has 5 aliphatic heterocycles. The lowest BCUT2D eigenvalue weighted by molar-refractivity contribution is -0.120. The number of amides is 4. The summed E-state index contributed by atoms with van der Waals surface area (Å²) in [4.78, 5) is 56.1. The van der Waals surface area contributed by atoms with E-state index >= 15 is 0 Å². The van der Waals surface area contributed by atoms with E-state index in [0.29, 0.717) is 36.7 Å². The standard InChI is InChI=1S/C46H54F2N12O4/c47-43(48)42-38(51-45(62)37-22-50-59-18-11-40(52-44(37)59)58-25-35-20-34(58)27-64-35)26-60(54-42)33-4-1-28(2-5-33)24-55-13-9-32(10-14-55)56-15-7-29(8-16-56)30-3-6-36-31(19-30)21-49-23-39(36)57-17-12-41(61)53-46(57)63/h3,6,11,18-19,21-23,26,28-29,32-35,43H,1-2,4-5,7-10,12-17,20,24-25,27H2,(H,51,62)(H,53,61,63)/t28?,33?,34-,35-/m1/s1. The van der Waals surface area contributed by atoms with Gasteiger partial charge in [0.25, 0.3) is 12.3 Å². The highest BCUT2D eigenvalue weighted by atomic mass is 19.3. The quantitative estimate of drug-likeness (QED) is 0.166. The van der Waals surface area contributed by atoms with E-state index in [-0.39, 0.29) is 41.8 Å². The van der Waals surface area contributed by atoms with Crippen LogP contribution in [0.2, 0.25) is 0 Å². The molecule has 0 unspecified atom stereocenters. The summed E-state index contributed by atoms with van der Waals surface area (Å²) in [6, 6.07) is 8.85. The molecule has 5 saturated heterocycles. The number of urea groups is 1. The van der Waals surface area contributed by atoms with E-state index < -0.39 is 24.1 Å². The van der Waals surface area contributed by atoms with Crippen LogP contribution in [0.1, 0.15) is 104 Å². The fourth-order valence-corrected chi connectivity index (χ4v) is 11.4. The molecule has 11 rings (SSSR count). The SMILES string of the molecule is O=C1CCN(c2cncc3cc(C4CCN(C5CCN(CC6CCC(n7cc(NC(=O)c8cnn9ccc(N%10C[C@H]%11C[C@@H]%10CO%11)nc89)c(C(F)F)n7)CC6)CC5)CC4)ccc23)C(=O)N1. The largest absolute Gasteiger partial charge is 0.374 e. The second-order valence-electron chi connectivity index (χ2n) is 18.7. The maximum absolute atomic E-state index is 14.3. The van der Waals surface area contributed by atoms with Gasteiger partial charge in [-0.15, -0.1) is 0 Å². The number of imide groups is 1. The minimum atomic E-state index is -2.84. The zero-order chi connectivity index (χ0) is 43.5. The van der Waals surface area contributed by atoms with Gasteiger partial charge in [0.05, 0.1) is 48.6 Å². The average molecular weight is 877 g/mol. The number of likely N-dealkylation sites (tertiary alicyclic amines) is 2. The monoisotopic (exact) mass is 876 g/mol. The Labute approximate surface area is 369 Å². The number of carbonyl (C=O) groups is 3. The number of pyridine rings is 1. The highest BCUT2D eigenvalue weighted by molar-refractivity contribution is 6.10. The molecule has 4 amide bonds. The molecule has 1 saturated carbocycles. The molecule has 1 aromatic carbocycles. The Balaban J connectivity index is 0.647. The lowest BCUT2D eigenvalue weighted by Crippen LogP contribution is -2.49. The second-order valence-corrected chi connectivity index (χ2v) is 18.7. The number of aromatic nitrogens is 6. The van der Waals surface area contributed by atoms with E-state index in [1.165, 1.54) is 29.1 Å². The summed E-state index contributed by atoms with van der Waals surface area (Å²) in [5.41, 5.74) is 2.22. The molecular formula is C46H54F2N12O4. The second kappa shape index (κ2) is 17.1. The van der Waals surface area contributed by atoms with Crippen molar-refractivity contribution < 1.29 is 27.9 Å². The average Bonchev–Trinajstić information content (AvgIpc) is 4.14. The number of nitrogens with one attached hydrogen (secondary N) is 2. The third-order valence-corrected chi connectivity index (χ3v) is 14.9. The molecule has 2 N–H and O–H groups in total. The van der Waals surface area contributed by atoms with Gasteiger partial charge in [-0.25, -0.2) is 23.1 Å². The Kier molecular flexibility index (Phi) is 11.0. The van der Waals surface area contributed by atoms with Gasteiger partial charge in [0, 0.05) is 61.5 Å². The first kappa shape index (κ1) is 41.1. The molecule has 6 fully saturated rings. The smallest absolute Gasteiger partial charge is 0.328 e. The van der Waals surface area contributed by atoms with Crippen LogP contribution in [0, 0.1) is 5.92 Å². The van der Waals surface area contributed by atoms with Crippen LogP contribution in [0.15, 0.2) is 55.2 Å². The van der Waals surface area contributed by atoms with Crippen molar-refractivity contribution in [2.24, 2.45) is 5.92 Å². The topological polar surface area (TPSA) is 158 Å².